The Kier molecular flexibility index (Phi) is 10.3. The summed E-state index contributed by atoms with van der Waals surface area (Å²) in [6.07, 6.45) is 2.82. The van der Waals surface area contributed by atoms with Crippen LogP contribution in [-0.2, 0) is 35.3 Å². The first-order chi connectivity index (χ1) is 22.6. The molecule has 1 aliphatic rings. The van der Waals surface area contributed by atoms with Gasteiger partial charge in [0.25, 0.3) is 5.91 Å². The van der Waals surface area contributed by atoms with E-state index in [0.717, 1.165) is 11.1 Å². The Hall–Kier alpha value is -5.07. The molecule has 1 saturated heterocycles. The van der Waals surface area contributed by atoms with Crippen LogP contribution in [0.2, 0.25) is 0 Å². The molecule has 4 aromatic rings. The fourth-order valence-corrected chi connectivity index (χ4v) is 5.57. The highest BCUT2D eigenvalue weighted by Crippen LogP contribution is 2.30. The zero-order valence-electron chi connectivity index (χ0n) is 26.7. The van der Waals surface area contributed by atoms with Crippen molar-refractivity contribution in [3.63, 3.8) is 0 Å². The molecule has 0 bridgehead atoms. The third kappa shape index (κ3) is 7.84. The number of carbonyl (C=O) groups is 4. The molecular formula is C35H40N6O6. The highest BCUT2D eigenvalue weighted by Gasteiger charge is 2.39. The van der Waals surface area contributed by atoms with Gasteiger partial charge in [-0.3, -0.25) is 14.4 Å². The SMILES string of the molecule is COC(=O)C1CCCN1C(=O)C(c1ccccc1)n1cnc2cc(NC(=O)[C@@H](COCc3ccccc3)NC(=O)C(C)(C)N)ccc21. The predicted octanol–water partition coefficient (Wildman–Crippen LogP) is 3.17. The molecule has 1 fully saturated rings. The fraction of sp³-hybridized carbons (Fsp3) is 0.343. The topological polar surface area (TPSA) is 158 Å². The van der Waals surface area contributed by atoms with Gasteiger partial charge in [-0.1, -0.05) is 60.7 Å². The maximum Gasteiger partial charge on any atom is 0.328 e. The van der Waals surface area contributed by atoms with Crippen LogP contribution < -0.4 is 16.4 Å². The normalized spacial score (nSPS) is 16.0. The molecule has 12 nitrogen and oxygen atoms in total. The molecule has 12 heteroatoms. The van der Waals surface area contributed by atoms with Crippen molar-refractivity contribution >= 4 is 40.4 Å². The fourth-order valence-electron chi connectivity index (χ4n) is 5.57. The Morgan fingerprint density at radius 1 is 1.02 bits per heavy atom. The van der Waals surface area contributed by atoms with Gasteiger partial charge >= 0.3 is 5.97 Å². The number of rotatable bonds is 12. The van der Waals surface area contributed by atoms with E-state index in [1.165, 1.54) is 7.11 Å². The summed E-state index contributed by atoms with van der Waals surface area (Å²) in [5, 5.41) is 5.55. The Balaban J connectivity index is 1.38. The van der Waals surface area contributed by atoms with E-state index >= 15 is 0 Å². The number of esters is 1. The van der Waals surface area contributed by atoms with Gasteiger partial charge in [0.15, 0.2) is 0 Å². The monoisotopic (exact) mass is 640 g/mol. The number of nitrogens with zero attached hydrogens (tertiary/aromatic N) is 3. The average molecular weight is 641 g/mol. The van der Waals surface area contributed by atoms with Gasteiger partial charge in [-0.15, -0.1) is 0 Å². The quantitative estimate of drug-likeness (QED) is 0.199. The number of anilines is 1. The molecule has 2 unspecified atom stereocenters. The summed E-state index contributed by atoms with van der Waals surface area (Å²) in [5.74, 6) is -1.67. The lowest BCUT2D eigenvalue weighted by atomic mass is 10.0. The van der Waals surface area contributed by atoms with Gasteiger partial charge in [-0.2, -0.15) is 0 Å². The third-order valence-corrected chi connectivity index (χ3v) is 8.08. The van der Waals surface area contributed by atoms with E-state index in [4.69, 9.17) is 15.2 Å². The zero-order chi connectivity index (χ0) is 33.6. The van der Waals surface area contributed by atoms with Crippen LogP contribution in [0.1, 0.15) is 43.9 Å². The van der Waals surface area contributed by atoms with Crippen molar-refractivity contribution in [1.29, 1.82) is 0 Å². The number of aromatic nitrogens is 2. The molecule has 3 amide bonds. The molecule has 0 aliphatic carbocycles. The summed E-state index contributed by atoms with van der Waals surface area (Å²) < 4.78 is 12.5. The molecule has 0 radical (unpaired) electrons. The Bertz CT molecular complexity index is 1720. The van der Waals surface area contributed by atoms with Crippen molar-refractivity contribution in [1.82, 2.24) is 19.8 Å². The number of nitrogens with two attached hydrogens (primary N) is 1. The van der Waals surface area contributed by atoms with Crippen LogP contribution >= 0.6 is 0 Å². The van der Waals surface area contributed by atoms with E-state index in [1.807, 2.05) is 60.7 Å². The summed E-state index contributed by atoms with van der Waals surface area (Å²) >= 11 is 0. The lowest BCUT2D eigenvalue weighted by Crippen LogP contribution is -2.56. The number of imidazole rings is 1. The Morgan fingerprint density at radius 2 is 1.72 bits per heavy atom. The average Bonchev–Trinajstić information content (AvgIpc) is 3.72. The number of hydrogen-bond acceptors (Lipinski definition) is 8. The van der Waals surface area contributed by atoms with Crippen molar-refractivity contribution in [3.8, 4) is 0 Å². The minimum atomic E-state index is -1.21. The van der Waals surface area contributed by atoms with Crippen LogP contribution in [0.5, 0.6) is 0 Å². The molecule has 3 atom stereocenters. The predicted molar refractivity (Wildman–Crippen MR) is 176 cm³/mol. The van der Waals surface area contributed by atoms with Crippen LogP contribution in [-0.4, -0.2) is 76.0 Å². The van der Waals surface area contributed by atoms with Gasteiger partial charge < -0.3 is 35.3 Å². The third-order valence-electron chi connectivity index (χ3n) is 8.08. The lowest BCUT2D eigenvalue weighted by Gasteiger charge is -2.28. The standard InChI is InChI=1S/C35H40N6O6/c1-35(2,36)34(45)39-27(21-47-20-23-11-6-4-7-12-23)31(42)38-25-16-17-28-26(19-25)37-22-41(28)30(24-13-8-5-9-14-24)32(43)40-18-10-15-29(40)33(44)46-3/h4-9,11-14,16-17,19,22,27,29-30H,10,15,18,20-21,36H2,1-3H3,(H,38,42)(H,39,45)/t27-,29?,30?/m1/s1. The van der Waals surface area contributed by atoms with Crippen LogP contribution in [0.3, 0.4) is 0 Å². The van der Waals surface area contributed by atoms with Gasteiger partial charge in [-0.25, -0.2) is 9.78 Å². The van der Waals surface area contributed by atoms with Gasteiger partial charge in [0, 0.05) is 12.2 Å². The number of hydrogen-bond donors (Lipinski definition) is 3. The molecule has 3 aromatic carbocycles. The van der Waals surface area contributed by atoms with Gasteiger partial charge in [0.05, 0.1) is 43.2 Å². The molecule has 0 spiro atoms. The molecule has 1 aliphatic heterocycles. The number of methoxy groups -OCH3 is 1. The van der Waals surface area contributed by atoms with Crippen molar-refractivity contribution in [2.24, 2.45) is 5.73 Å². The van der Waals surface area contributed by atoms with Crippen LogP contribution in [0.4, 0.5) is 5.69 Å². The first-order valence-corrected chi connectivity index (χ1v) is 15.5. The number of benzene rings is 3. The second-order valence-electron chi connectivity index (χ2n) is 12.1. The van der Waals surface area contributed by atoms with Gasteiger partial charge in [-0.05, 0) is 56.0 Å². The van der Waals surface area contributed by atoms with E-state index in [0.29, 0.717) is 36.1 Å². The minimum absolute atomic E-state index is 0.0800. The molecule has 1 aromatic heterocycles. The molecule has 246 valence electrons. The summed E-state index contributed by atoms with van der Waals surface area (Å²) in [7, 11) is 1.32. The smallest absolute Gasteiger partial charge is 0.328 e. The summed E-state index contributed by atoms with van der Waals surface area (Å²) in [4.78, 5) is 58.9. The molecule has 0 saturated carbocycles. The second kappa shape index (κ2) is 14.6. The summed E-state index contributed by atoms with van der Waals surface area (Å²) in [6.45, 7) is 3.73. The van der Waals surface area contributed by atoms with E-state index in [-0.39, 0.29) is 19.1 Å². The van der Waals surface area contributed by atoms with Crippen molar-refractivity contribution in [3.05, 3.63) is 96.3 Å². The molecule has 4 N–H and O–H groups in total. The van der Waals surface area contributed by atoms with Gasteiger partial charge in [0.1, 0.15) is 18.1 Å². The highest BCUT2D eigenvalue weighted by atomic mass is 16.5. The molecule has 2 heterocycles. The Labute approximate surface area is 273 Å². The Morgan fingerprint density at radius 3 is 2.40 bits per heavy atom. The number of ether oxygens (including phenoxy) is 2. The van der Waals surface area contributed by atoms with Crippen molar-refractivity contribution < 1.29 is 28.7 Å². The van der Waals surface area contributed by atoms with Gasteiger partial charge in [0.2, 0.25) is 11.8 Å². The summed E-state index contributed by atoms with van der Waals surface area (Å²) in [6, 6.07) is 21.5. The van der Waals surface area contributed by atoms with Crippen molar-refractivity contribution in [2.75, 3.05) is 25.6 Å². The molecule has 47 heavy (non-hydrogen) atoms. The zero-order valence-corrected chi connectivity index (χ0v) is 26.7. The number of carbonyl (C=O) groups excluding carboxylic acids is 4. The molecule has 5 rings (SSSR count). The minimum Gasteiger partial charge on any atom is -0.467 e. The molecular weight excluding hydrogens is 600 g/mol. The number of nitrogens with one attached hydrogen (secondary N) is 2. The van der Waals surface area contributed by atoms with E-state index in [9.17, 15) is 19.2 Å². The van der Waals surface area contributed by atoms with Crippen LogP contribution in [0.15, 0.2) is 85.2 Å². The lowest BCUT2D eigenvalue weighted by molar-refractivity contribution is -0.151. The first kappa shape index (κ1) is 33.3. The highest BCUT2D eigenvalue weighted by molar-refractivity contribution is 5.99. The maximum absolute atomic E-state index is 14.1. The number of likely N-dealkylation sites (tertiary alicyclic amines) is 1. The van der Waals surface area contributed by atoms with Crippen LogP contribution in [0, 0.1) is 0 Å². The van der Waals surface area contributed by atoms with E-state index in [2.05, 4.69) is 15.6 Å². The van der Waals surface area contributed by atoms with Crippen molar-refractivity contribution in [2.45, 2.75) is 57.0 Å². The summed E-state index contributed by atoms with van der Waals surface area (Å²) in [5.41, 5.74) is 8.06. The van der Waals surface area contributed by atoms with E-state index < -0.39 is 41.4 Å². The number of fused-ring (bicyclic) bond motifs is 1. The largest absolute Gasteiger partial charge is 0.467 e. The first-order valence-electron chi connectivity index (χ1n) is 15.5. The van der Waals surface area contributed by atoms with Crippen LogP contribution in [0.25, 0.3) is 11.0 Å². The van der Waals surface area contributed by atoms with E-state index in [1.54, 1.807) is 47.8 Å². The maximum atomic E-state index is 14.1. The number of amides is 3. The second-order valence-corrected chi connectivity index (χ2v) is 12.1.